The molecule has 5 rings (SSSR count). The molecule has 1 saturated carbocycles. The molecule has 1 unspecified atom stereocenters. The Balaban J connectivity index is 1.45. The Morgan fingerprint density at radius 2 is 2.23 bits per heavy atom. The van der Waals surface area contributed by atoms with E-state index in [4.69, 9.17) is 4.98 Å². The number of hydrogen-bond donors (Lipinski definition) is 3. The van der Waals surface area contributed by atoms with Gasteiger partial charge in [-0.05, 0) is 59.0 Å². The molecule has 10 heteroatoms. The van der Waals surface area contributed by atoms with E-state index < -0.39 is 0 Å². The van der Waals surface area contributed by atoms with Crippen molar-refractivity contribution in [2.75, 3.05) is 12.4 Å². The van der Waals surface area contributed by atoms with Crippen molar-refractivity contribution in [2.24, 2.45) is 5.41 Å². The van der Waals surface area contributed by atoms with Crippen LogP contribution in [0, 0.1) is 5.41 Å². The van der Waals surface area contributed by atoms with Crippen LogP contribution < -0.4 is 16.0 Å². The van der Waals surface area contributed by atoms with Crippen molar-refractivity contribution in [3.05, 3.63) is 40.1 Å². The highest BCUT2D eigenvalue weighted by molar-refractivity contribution is 9.10. The maximum atomic E-state index is 12.2. The van der Waals surface area contributed by atoms with E-state index in [1.165, 1.54) is 0 Å². The van der Waals surface area contributed by atoms with Gasteiger partial charge in [0.15, 0.2) is 5.65 Å². The Bertz CT molecular complexity index is 1220. The Hall–Kier alpha value is -3.01. The van der Waals surface area contributed by atoms with Gasteiger partial charge >= 0.3 is 0 Å². The van der Waals surface area contributed by atoms with Crippen molar-refractivity contribution in [1.29, 1.82) is 0 Å². The number of nitrogens with one attached hydrogen (secondary N) is 3. The number of benzene rings is 1. The van der Waals surface area contributed by atoms with E-state index in [1.54, 1.807) is 17.9 Å². The van der Waals surface area contributed by atoms with Crippen molar-refractivity contribution in [2.45, 2.75) is 38.8 Å². The summed E-state index contributed by atoms with van der Waals surface area (Å²) in [7, 11) is 1.68. The lowest BCUT2D eigenvalue weighted by atomic mass is 9.87. The summed E-state index contributed by atoms with van der Waals surface area (Å²) in [6, 6.07) is 5.75. The molecule has 3 heterocycles. The SMILES string of the molecule is CNC(=O)[C@]1(C)CCC(Nc2ncc3c(Br)nn(-c4ccc5c(c4)CNC5=O)c3n2)C1. The number of nitrogens with zero attached hydrogens (tertiary/aromatic N) is 4. The van der Waals surface area contributed by atoms with Crippen LogP contribution in [0.15, 0.2) is 29.0 Å². The van der Waals surface area contributed by atoms with E-state index in [1.807, 2.05) is 25.1 Å². The lowest BCUT2D eigenvalue weighted by Crippen LogP contribution is -2.35. The summed E-state index contributed by atoms with van der Waals surface area (Å²) in [6.45, 7) is 2.51. The topological polar surface area (TPSA) is 114 Å². The molecule has 3 N–H and O–H groups in total. The van der Waals surface area contributed by atoms with Gasteiger partial charge in [0.1, 0.15) is 4.60 Å². The number of hydrogen-bond acceptors (Lipinski definition) is 6. The van der Waals surface area contributed by atoms with E-state index in [0.717, 1.165) is 35.9 Å². The molecule has 2 atom stereocenters. The molecular formula is C21H22BrN7O2. The standard InChI is InChI=1S/C21H22BrN7O2/c1-21(19(31)23-2)6-5-12(8-21)26-20-25-10-15-16(22)28-29(17(15)27-20)13-3-4-14-11(7-13)9-24-18(14)30/h3-4,7,10,12H,5-6,8-9H2,1-2H3,(H,23,31)(H,24,30)(H,25,26,27)/t12?,21-/m1/s1. The van der Waals surface area contributed by atoms with Gasteiger partial charge in [-0.3, -0.25) is 9.59 Å². The first-order valence-electron chi connectivity index (χ1n) is 10.2. The summed E-state index contributed by atoms with van der Waals surface area (Å²) in [5.74, 6) is 0.521. The summed E-state index contributed by atoms with van der Waals surface area (Å²) >= 11 is 3.50. The van der Waals surface area contributed by atoms with Crippen molar-refractivity contribution in [3.63, 3.8) is 0 Å². The Morgan fingerprint density at radius 1 is 1.39 bits per heavy atom. The smallest absolute Gasteiger partial charge is 0.251 e. The highest BCUT2D eigenvalue weighted by Gasteiger charge is 2.41. The van der Waals surface area contributed by atoms with E-state index in [2.05, 4.69) is 42.0 Å². The minimum absolute atomic E-state index is 0.0535. The Morgan fingerprint density at radius 3 is 3.03 bits per heavy atom. The highest BCUT2D eigenvalue weighted by Crippen LogP contribution is 2.39. The normalized spacial score (nSPS) is 22.4. The molecule has 0 saturated heterocycles. The van der Waals surface area contributed by atoms with E-state index in [9.17, 15) is 9.59 Å². The van der Waals surface area contributed by atoms with Gasteiger partial charge in [0, 0.05) is 36.8 Å². The molecule has 1 aliphatic carbocycles. The molecule has 1 fully saturated rings. The maximum Gasteiger partial charge on any atom is 0.251 e. The molecule has 1 aromatic carbocycles. The molecule has 2 aliphatic rings. The van der Waals surface area contributed by atoms with Crippen LogP contribution in [-0.4, -0.2) is 44.7 Å². The third kappa shape index (κ3) is 3.34. The van der Waals surface area contributed by atoms with Crippen LogP contribution >= 0.6 is 15.9 Å². The molecule has 0 bridgehead atoms. The lowest BCUT2D eigenvalue weighted by molar-refractivity contribution is -0.129. The predicted octanol–water partition coefficient (Wildman–Crippen LogP) is 2.54. The first-order chi connectivity index (χ1) is 14.9. The van der Waals surface area contributed by atoms with Gasteiger partial charge in [0.25, 0.3) is 5.91 Å². The average molecular weight is 484 g/mol. The molecule has 160 valence electrons. The predicted molar refractivity (Wildman–Crippen MR) is 119 cm³/mol. The van der Waals surface area contributed by atoms with Crippen molar-refractivity contribution in [3.8, 4) is 5.69 Å². The van der Waals surface area contributed by atoms with Gasteiger partial charge in [0.2, 0.25) is 11.9 Å². The number of halogens is 1. The van der Waals surface area contributed by atoms with Crippen molar-refractivity contribution >= 4 is 44.7 Å². The number of rotatable bonds is 4. The Kier molecular flexibility index (Phi) is 4.69. The van der Waals surface area contributed by atoms with Gasteiger partial charge in [-0.2, -0.15) is 10.1 Å². The second-order valence-corrected chi connectivity index (χ2v) is 9.13. The third-order valence-electron chi connectivity index (χ3n) is 6.25. The summed E-state index contributed by atoms with van der Waals surface area (Å²) in [5.41, 5.74) is 2.74. The number of fused-ring (bicyclic) bond motifs is 2. The van der Waals surface area contributed by atoms with Crippen molar-refractivity contribution in [1.82, 2.24) is 30.4 Å². The van der Waals surface area contributed by atoms with Crippen LogP contribution in [0.25, 0.3) is 16.7 Å². The average Bonchev–Trinajstić information content (AvgIpc) is 3.43. The molecule has 31 heavy (non-hydrogen) atoms. The fourth-order valence-electron chi connectivity index (χ4n) is 4.52. The maximum absolute atomic E-state index is 12.2. The number of aromatic nitrogens is 4. The van der Waals surface area contributed by atoms with Crippen LogP contribution in [0.5, 0.6) is 0 Å². The summed E-state index contributed by atoms with van der Waals surface area (Å²) < 4.78 is 2.40. The first-order valence-corrected chi connectivity index (χ1v) is 11.0. The van der Waals surface area contributed by atoms with E-state index >= 15 is 0 Å². The van der Waals surface area contributed by atoms with E-state index in [-0.39, 0.29) is 23.3 Å². The quantitative estimate of drug-likeness (QED) is 0.525. The molecular weight excluding hydrogens is 462 g/mol. The third-order valence-corrected chi connectivity index (χ3v) is 6.83. The Labute approximate surface area is 187 Å². The molecule has 2 aromatic heterocycles. The largest absolute Gasteiger partial charge is 0.359 e. The van der Waals surface area contributed by atoms with Gasteiger partial charge in [-0.25, -0.2) is 9.67 Å². The fourth-order valence-corrected chi connectivity index (χ4v) is 4.96. The van der Waals surface area contributed by atoms with Gasteiger partial charge in [-0.1, -0.05) is 6.92 Å². The highest BCUT2D eigenvalue weighted by atomic mass is 79.9. The van der Waals surface area contributed by atoms with E-state index in [0.29, 0.717) is 28.3 Å². The molecule has 9 nitrogen and oxygen atoms in total. The fraction of sp³-hybridized carbons (Fsp3) is 0.381. The van der Waals surface area contributed by atoms with Crippen molar-refractivity contribution < 1.29 is 9.59 Å². The van der Waals surface area contributed by atoms with Crippen LogP contribution in [0.4, 0.5) is 5.95 Å². The molecule has 0 radical (unpaired) electrons. The lowest BCUT2D eigenvalue weighted by Gasteiger charge is -2.22. The van der Waals surface area contributed by atoms with Crippen LogP contribution in [0.1, 0.15) is 42.1 Å². The number of carbonyl (C=O) groups excluding carboxylic acids is 2. The van der Waals surface area contributed by atoms with Gasteiger partial charge in [0.05, 0.1) is 11.1 Å². The van der Waals surface area contributed by atoms with Crippen LogP contribution in [0.3, 0.4) is 0 Å². The molecule has 2 amide bonds. The second kappa shape index (κ2) is 7.30. The minimum atomic E-state index is -0.378. The summed E-state index contributed by atoms with van der Waals surface area (Å²) in [4.78, 5) is 33.2. The zero-order valence-electron chi connectivity index (χ0n) is 17.2. The first kappa shape index (κ1) is 19.9. The van der Waals surface area contributed by atoms with Crippen LogP contribution in [0.2, 0.25) is 0 Å². The van der Waals surface area contributed by atoms with Gasteiger partial charge in [-0.15, -0.1) is 0 Å². The molecule has 3 aromatic rings. The van der Waals surface area contributed by atoms with Gasteiger partial charge < -0.3 is 16.0 Å². The summed E-state index contributed by atoms with van der Waals surface area (Å²) in [5, 5.41) is 14.4. The monoisotopic (exact) mass is 483 g/mol. The zero-order valence-corrected chi connectivity index (χ0v) is 18.8. The van der Waals surface area contributed by atoms with Crippen LogP contribution in [-0.2, 0) is 11.3 Å². The molecule has 1 aliphatic heterocycles. The zero-order chi connectivity index (χ0) is 21.8. The second-order valence-electron chi connectivity index (χ2n) is 8.38. The number of anilines is 1. The minimum Gasteiger partial charge on any atom is -0.359 e. The number of amides is 2. The molecule has 0 spiro atoms. The summed E-state index contributed by atoms with van der Waals surface area (Å²) in [6.07, 6.45) is 4.16. The number of carbonyl (C=O) groups is 2.